The van der Waals surface area contributed by atoms with Crippen LogP contribution < -0.4 is 0 Å². The highest BCUT2D eigenvalue weighted by Crippen LogP contribution is 2.06. The molecule has 1 aromatic heterocycles. The van der Waals surface area contributed by atoms with Crippen molar-refractivity contribution in [2.24, 2.45) is 12.2 Å². The van der Waals surface area contributed by atoms with Crippen LogP contribution in [0, 0.1) is 0 Å². The molecule has 4 heteroatoms. The largest absolute Gasteiger partial charge is 0.411 e. The summed E-state index contributed by atoms with van der Waals surface area (Å²) in [5.41, 5.74) is 1.46. The predicted octanol–water partition coefficient (Wildman–Crippen LogP) is 1.57. The van der Waals surface area contributed by atoms with Crippen LogP contribution in [-0.2, 0) is 13.5 Å². The number of rotatable bonds is 3. The summed E-state index contributed by atoms with van der Waals surface area (Å²) in [6.07, 6.45) is 3.76. The number of hydrogen-bond donors (Lipinski definition) is 1. The van der Waals surface area contributed by atoms with Gasteiger partial charge < -0.3 is 9.77 Å². The van der Waals surface area contributed by atoms with Gasteiger partial charge >= 0.3 is 0 Å². The molecule has 1 rings (SSSR count). The molecule has 0 amide bonds. The molecule has 0 unspecified atom stereocenters. The second kappa shape index (κ2) is 4.07. The van der Waals surface area contributed by atoms with E-state index in [0.29, 0.717) is 5.71 Å². The first-order valence-electron chi connectivity index (χ1n) is 4.40. The van der Waals surface area contributed by atoms with Crippen molar-refractivity contribution in [1.29, 1.82) is 0 Å². The van der Waals surface area contributed by atoms with Crippen LogP contribution >= 0.6 is 0 Å². The molecule has 0 saturated carbocycles. The highest BCUT2D eigenvalue weighted by atomic mass is 16.4. The van der Waals surface area contributed by atoms with Crippen LogP contribution in [0.3, 0.4) is 0 Å². The smallest absolute Gasteiger partial charge is 0.108 e. The summed E-state index contributed by atoms with van der Waals surface area (Å²) in [5.74, 6) is 1.03. The lowest BCUT2D eigenvalue weighted by atomic mass is 10.3. The van der Waals surface area contributed by atoms with Crippen LogP contribution in [0.5, 0.6) is 0 Å². The molecule has 72 valence electrons. The third-order valence-corrected chi connectivity index (χ3v) is 2.08. The highest BCUT2D eigenvalue weighted by Gasteiger charge is 2.07. The molecule has 1 N–H and O–H groups in total. The zero-order valence-electron chi connectivity index (χ0n) is 8.28. The summed E-state index contributed by atoms with van der Waals surface area (Å²) in [4.78, 5) is 4.25. The topological polar surface area (TPSA) is 50.4 Å². The SMILES string of the molecule is CCCc1ncc(C(C)=NO)n1C. The molecule has 0 atom stereocenters. The molecular formula is C9H15N3O. The Morgan fingerprint density at radius 3 is 2.92 bits per heavy atom. The molecule has 1 heterocycles. The van der Waals surface area contributed by atoms with Crippen LogP contribution in [0.15, 0.2) is 11.4 Å². The first-order chi connectivity index (χ1) is 6.20. The molecule has 0 aromatic carbocycles. The van der Waals surface area contributed by atoms with Crippen LogP contribution in [-0.4, -0.2) is 20.5 Å². The summed E-state index contributed by atoms with van der Waals surface area (Å²) < 4.78 is 1.96. The van der Waals surface area contributed by atoms with Crippen LogP contribution in [0.1, 0.15) is 31.8 Å². The molecule has 0 spiro atoms. The molecule has 0 radical (unpaired) electrons. The fourth-order valence-electron chi connectivity index (χ4n) is 1.29. The standard InChI is InChI=1S/C9H15N3O/c1-4-5-9-10-6-8(12(9)3)7(2)11-13/h6,13H,4-5H2,1-3H3. The Morgan fingerprint density at radius 2 is 2.38 bits per heavy atom. The normalized spacial score (nSPS) is 12.1. The molecule has 0 saturated heterocycles. The van der Waals surface area contributed by atoms with Crippen molar-refractivity contribution in [3.63, 3.8) is 0 Å². The molecule has 0 fully saturated rings. The van der Waals surface area contributed by atoms with E-state index in [1.165, 1.54) is 0 Å². The summed E-state index contributed by atoms with van der Waals surface area (Å²) in [6, 6.07) is 0. The fourth-order valence-corrected chi connectivity index (χ4v) is 1.29. The Balaban J connectivity index is 2.99. The van der Waals surface area contributed by atoms with Gasteiger partial charge in [0.2, 0.25) is 0 Å². The maximum Gasteiger partial charge on any atom is 0.108 e. The predicted molar refractivity (Wildman–Crippen MR) is 51.2 cm³/mol. The maximum atomic E-state index is 8.60. The zero-order chi connectivity index (χ0) is 9.84. The lowest BCUT2D eigenvalue weighted by Crippen LogP contribution is -2.06. The van der Waals surface area contributed by atoms with E-state index in [1.807, 2.05) is 11.6 Å². The van der Waals surface area contributed by atoms with Crippen LogP contribution in [0.4, 0.5) is 0 Å². The first-order valence-corrected chi connectivity index (χ1v) is 4.40. The van der Waals surface area contributed by atoms with Crippen molar-refractivity contribution < 1.29 is 5.21 Å². The third-order valence-electron chi connectivity index (χ3n) is 2.08. The van der Waals surface area contributed by atoms with E-state index in [9.17, 15) is 0 Å². The van der Waals surface area contributed by atoms with Crippen LogP contribution in [0.25, 0.3) is 0 Å². The molecule has 0 aliphatic heterocycles. The van der Waals surface area contributed by atoms with Gasteiger partial charge in [-0.15, -0.1) is 0 Å². The van der Waals surface area contributed by atoms with Crippen molar-refractivity contribution in [3.05, 3.63) is 17.7 Å². The Kier molecular flexibility index (Phi) is 3.06. The van der Waals surface area contributed by atoms with Crippen molar-refractivity contribution in [2.75, 3.05) is 0 Å². The van der Waals surface area contributed by atoms with Gasteiger partial charge in [0.1, 0.15) is 11.5 Å². The number of hydrogen-bond acceptors (Lipinski definition) is 3. The van der Waals surface area contributed by atoms with E-state index >= 15 is 0 Å². The van der Waals surface area contributed by atoms with E-state index in [2.05, 4.69) is 17.1 Å². The molecule has 0 aliphatic rings. The second-order valence-corrected chi connectivity index (χ2v) is 3.05. The van der Waals surface area contributed by atoms with Gasteiger partial charge in [0.25, 0.3) is 0 Å². The summed E-state index contributed by atoms with van der Waals surface area (Å²) in [6.45, 7) is 3.87. The van der Waals surface area contributed by atoms with Gasteiger partial charge in [-0.1, -0.05) is 12.1 Å². The third kappa shape index (κ3) is 1.88. The average Bonchev–Trinajstić information content (AvgIpc) is 2.48. The quantitative estimate of drug-likeness (QED) is 0.437. The van der Waals surface area contributed by atoms with E-state index in [0.717, 1.165) is 24.4 Å². The summed E-state index contributed by atoms with van der Waals surface area (Å²) in [5, 5.41) is 11.7. The number of aromatic nitrogens is 2. The molecule has 0 bridgehead atoms. The van der Waals surface area contributed by atoms with E-state index in [1.54, 1.807) is 13.1 Å². The Hall–Kier alpha value is -1.32. The van der Waals surface area contributed by atoms with E-state index in [-0.39, 0.29) is 0 Å². The van der Waals surface area contributed by atoms with Gasteiger partial charge in [0.05, 0.1) is 11.9 Å². The monoisotopic (exact) mass is 181 g/mol. The summed E-state index contributed by atoms with van der Waals surface area (Å²) in [7, 11) is 1.93. The summed E-state index contributed by atoms with van der Waals surface area (Å²) >= 11 is 0. The molecule has 4 nitrogen and oxygen atoms in total. The van der Waals surface area contributed by atoms with E-state index in [4.69, 9.17) is 5.21 Å². The highest BCUT2D eigenvalue weighted by molar-refractivity contribution is 5.96. The Morgan fingerprint density at radius 1 is 1.69 bits per heavy atom. The van der Waals surface area contributed by atoms with Gasteiger partial charge in [-0.05, 0) is 13.3 Å². The minimum absolute atomic E-state index is 0.595. The number of oxime groups is 1. The number of imidazole rings is 1. The van der Waals surface area contributed by atoms with Crippen molar-refractivity contribution in [1.82, 2.24) is 9.55 Å². The minimum Gasteiger partial charge on any atom is -0.411 e. The van der Waals surface area contributed by atoms with Crippen molar-refractivity contribution in [3.8, 4) is 0 Å². The second-order valence-electron chi connectivity index (χ2n) is 3.05. The maximum absolute atomic E-state index is 8.60. The first kappa shape index (κ1) is 9.77. The van der Waals surface area contributed by atoms with Crippen LogP contribution in [0.2, 0.25) is 0 Å². The lowest BCUT2D eigenvalue weighted by Gasteiger charge is -2.02. The lowest BCUT2D eigenvalue weighted by molar-refractivity contribution is 0.318. The van der Waals surface area contributed by atoms with Gasteiger partial charge in [0.15, 0.2) is 0 Å². The molecular weight excluding hydrogens is 166 g/mol. The zero-order valence-corrected chi connectivity index (χ0v) is 8.28. The van der Waals surface area contributed by atoms with E-state index < -0.39 is 0 Å². The van der Waals surface area contributed by atoms with Gasteiger partial charge in [-0.25, -0.2) is 4.98 Å². The molecule has 1 aromatic rings. The molecule has 13 heavy (non-hydrogen) atoms. The van der Waals surface area contributed by atoms with Gasteiger partial charge in [0, 0.05) is 13.5 Å². The average molecular weight is 181 g/mol. The Labute approximate surface area is 77.9 Å². The number of aryl methyl sites for hydroxylation is 1. The van der Waals surface area contributed by atoms with Gasteiger partial charge in [-0.3, -0.25) is 0 Å². The van der Waals surface area contributed by atoms with Crippen molar-refractivity contribution >= 4 is 5.71 Å². The molecule has 0 aliphatic carbocycles. The Bertz CT molecular complexity index is 315. The number of nitrogens with zero attached hydrogens (tertiary/aromatic N) is 3. The minimum atomic E-state index is 0.595. The van der Waals surface area contributed by atoms with Gasteiger partial charge in [-0.2, -0.15) is 0 Å². The fraction of sp³-hybridized carbons (Fsp3) is 0.556. The van der Waals surface area contributed by atoms with Crippen molar-refractivity contribution in [2.45, 2.75) is 26.7 Å².